The summed E-state index contributed by atoms with van der Waals surface area (Å²) in [6, 6.07) is 4.69. The Labute approximate surface area is 125 Å². The predicted octanol–water partition coefficient (Wildman–Crippen LogP) is 3.46. The van der Waals surface area contributed by atoms with Gasteiger partial charge >= 0.3 is 0 Å². The number of furan rings is 1. The van der Waals surface area contributed by atoms with Crippen LogP contribution in [0.25, 0.3) is 11.0 Å². The number of piperidine rings is 1. The van der Waals surface area contributed by atoms with Crippen molar-refractivity contribution < 1.29 is 8.81 Å². The zero-order chi connectivity index (χ0) is 14.7. The lowest BCUT2D eigenvalue weighted by Crippen LogP contribution is -2.35. The van der Waals surface area contributed by atoms with E-state index in [1.165, 1.54) is 38.4 Å². The highest BCUT2D eigenvalue weighted by Gasteiger charge is 2.12. The Hall–Kier alpha value is -1.39. The van der Waals surface area contributed by atoms with Crippen molar-refractivity contribution in [2.45, 2.75) is 32.7 Å². The smallest absolute Gasteiger partial charge is 0.134 e. The fourth-order valence-electron chi connectivity index (χ4n) is 3.03. The molecule has 2 aromatic rings. The zero-order valence-electron chi connectivity index (χ0n) is 12.6. The number of rotatable bonds is 5. The maximum atomic E-state index is 13.3. The van der Waals surface area contributed by atoms with Crippen LogP contribution in [0.4, 0.5) is 4.39 Å². The third kappa shape index (κ3) is 3.44. The summed E-state index contributed by atoms with van der Waals surface area (Å²) in [4.78, 5) is 2.51. The van der Waals surface area contributed by atoms with Crippen molar-refractivity contribution in [1.29, 1.82) is 0 Å². The minimum atomic E-state index is -0.212. The SMILES string of the molecule is Cc1c(CNCCN2CCCCC2)oc2ccc(F)cc12. The van der Waals surface area contributed by atoms with Gasteiger partial charge in [-0.3, -0.25) is 0 Å². The topological polar surface area (TPSA) is 28.4 Å². The van der Waals surface area contributed by atoms with Crippen molar-refractivity contribution in [3.05, 3.63) is 35.3 Å². The van der Waals surface area contributed by atoms with Crippen molar-refractivity contribution in [1.82, 2.24) is 10.2 Å². The second-order valence-electron chi connectivity index (χ2n) is 5.87. The van der Waals surface area contributed by atoms with E-state index in [0.29, 0.717) is 6.54 Å². The summed E-state index contributed by atoms with van der Waals surface area (Å²) < 4.78 is 19.1. The van der Waals surface area contributed by atoms with Crippen LogP contribution in [0.1, 0.15) is 30.6 Å². The highest BCUT2D eigenvalue weighted by atomic mass is 19.1. The number of fused-ring (bicyclic) bond motifs is 1. The molecule has 0 amide bonds. The molecule has 1 aromatic carbocycles. The second kappa shape index (κ2) is 6.58. The Balaban J connectivity index is 1.54. The van der Waals surface area contributed by atoms with Crippen molar-refractivity contribution in [3.63, 3.8) is 0 Å². The van der Waals surface area contributed by atoms with E-state index in [1.807, 2.05) is 6.92 Å². The van der Waals surface area contributed by atoms with Crippen LogP contribution in [0.3, 0.4) is 0 Å². The molecule has 0 bridgehead atoms. The van der Waals surface area contributed by atoms with Gasteiger partial charge in [-0.1, -0.05) is 6.42 Å². The van der Waals surface area contributed by atoms with Crippen molar-refractivity contribution in [2.24, 2.45) is 0 Å². The van der Waals surface area contributed by atoms with E-state index in [-0.39, 0.29) is 5.82 Å². The van der Waals surface area contributed by atoms with Crippen LogP contribution >= 0.6 is 0 Å². The number of benzene rings is 1. The minimum absolute atomic E-state index is 0.212. The van der Waals surface area contributed by atoms with E-state index in [4.69, 9.17) is 4.42 Å². The number of hydrogen-bond acceptors (Lipinski definition) is 3. The zero-order valence-corrected chi connectivity index (χ0v) is 12.6. The summed E-state index contributed by atoms with van der Waals surface area (Å²) in [6.45, 7) is 7.21. The predicted molar refractivity (Wildman–Crippen MR) is 82.9 cm³/mol. The van der Waals surface area contributed by atoms with Crippen molar-refractivity contribution in [3.8, 4) is 0 Å². The van der Waals surface area contributed by atoms with Gasteiger partial charge in [-0.2, -0.15) is 0 Å². The minimum Gasteiger partial charge on any atom is -0.459 e. The van der Waals surface area contributed by atoms with Crippen molar-refractivity contribution >= 4 is 11.0 Å². The third-order valence-corrected chi connectivity index (χ3v) is 4.34. The summed E-state index contributed by atoms with van der Waals surface area (Å²) >= 11 is 0. The molecule has 3 nitrogen and oxygen atoms in total. The number of halogens is 1. The lowest BCUT2D eigenvalue weighted by Gasteiger charge is -2.26. The number of likely N-dealkylation sites (tertiary alicyclic amines) is 1. The number of nitrogens with one attached hydrogen (secondary N) is 1. The second-order valence-corrected chi connectivity index (χ2v) is 5.87. The molecule has 3 rings (SSSR count). The van der Waals surface area contributed by atoms with Crippen LogP contribution in [-0.4, -0.2) is 31.1 Å². The molecule has 0 atom stereocenters. The molecule has 2 heterocycles. The molecule has 1 aliphatic rings. The fourth-order valence-corrected chi connectivity index (χ4v) is 3.03. The average molecular weight is 290 g/mol. The molecule has 1 aromatic heterocycles. The van der Waals surface area contributed by atoms with Gasteiger partial charge in [0.2, 0.25) is 0 Å². The lowest BCUT2D eigenvalue weighted by atomic mass is 10.1. The summed E-state index contributed by atoms with van der Waals surface area (Å²) in [6.07, 6.45) is 4.03. The van der Waals surface area contributed by atoms with Gasteiger partial charge in [-0.05, 0) is 56.6 Å². The first kappa shape index (κ1) is 14.5. The molecular formula is C17H23FN2O. The monoisotopic (exact) mass is 290 g/mol. The van der Waals surface area contributed by atoms with E-state index in [0.717, 1.165) is 35.4 Å². The quantitative estimate of drug-likeness (QED) is 0.855. The molecule has 1 aliphatic heterocycles. The Morgan fingerprint density at radius 3 is 2.86 bits per heavy atom. The summed E-state index contributed by atoms with van der Waals surface area (Å²) in [5.74, 6) is 0.699. The first-order valence-corrected chi connectivity index (χ1v) is 7.84. The van der Waals surface area contributed by atoms with Gasteiger partial charge in [0.1, 0.15) is 17.2 Å². The summed E-state index contributed by atoms with van der Waals surface area (Å²) in [5, 5.41) is 4.31. The van der Waals surface area contributed by atoms with Crippen LogP contribution in [0.2, 0.25) is 0 Å². The highest BCUT2D eigenvalue weighted by molar-refractivity contribution is 5.82. The van der Waals surface area contributed by atoms with Gasteiger partial charge in [0.25, 0.3) is 0 Å². The first-order valence-electron chi connectivity index (χ1n) is 7.84. The Morgan fingerprint density at radius 2 is 2.05 bits per heavy atom. The number of nitrogens with zero attached hydrogens (tertiary/aromatic N) is 1. The fraction of sp³-hybridized carbons (Fsp3) is 0.529. The Bertz CT molecular complexity index is 602. The molecule has 114 valence electrons. The Kier molecular flexibility index (Phi) is 4.56. The van der Waals surface area contributed by atoms with Crippen LogP contribution < -0.4 is 5.32 Å². The van der Waals surface area contributed by atoms with Gasteiger partial charge < -0.3 is 14.6 Å². The molecular weight excluding hydrogens is 267 g/mol. The van der Waals surface area contributed by atoms with Gasteiger partial charge in [0.15, 0.2) is 0 Å². The standard InChI is InChI=1S/C17H23FN2O/c1-13-15-11-14(18)5-6-16(15)21-17(13)12-19-7-10-20-8-3-2-4-9-20/h5-6,11,19H,2-4,7-10,12H2,1H3. The van der Waals surface area contributed by atoms with Crippen LogP contribution in [0.15, 0.2) is 22.6 Å². The van der Waals surface area contributed by atoms with Gasteiger partial charge in [-0.15, -0.1) is 0 Å². The molecule has 1 saturated heterocycles. The lowest BCUT2D eigenvalue weighted by molar-refractivity contribution is 0.228. The molecule has 0 spiro atoms. The van der Waals surface area contributed by atoms with Gasteiger partial charge in [0, 0.05) is 18.5 Å². The molecule has 0 saturated carbocycles. The molecule has 4 heteroatoms. The molecule has 1 N–H and O–H groups in total. The van der Waals surface area contributed by atoms with Crippen molar-refractivity contribution in [2.75, 3.05) is 26.2 Å². The maximum absolute atomic E-state index is 13.3. The normalized spacial score (nSPS) is 16.7. The first-order chi connectivity index (χ1) is 10.2. The van der Waals surface area contributed by atoms with Crippen LogP contribution in [0.5, 0.6) is 0 Å². The molecule has 0 radical (unpaired) electrons. The maximum Gasteiger partial charge on any atom is 0.134 e. The largest absolute Gasteiger partial charge is 0.459 e. The van der Waals surface area contributed by atoms with E-state index in [2.05, 4.69) is 10.2 Å². The van der Waals surface area contributed by atoms with Gasteiger partial charge in [0.05, 0.1) is 6.54 Å². The molecule has 1 fully saturated rings. The summed E-state index contributed by atoms with van der Waals surface area (Å²) in [7, 11) is 0. The van der Waals surface area contributed by atoms with Crippen LogP contribution in [-0.2, 0) is 6.54 Å². The number of aryl methyl sites for hydroxylation is 1. The average Bonchev–Trinajstić information content (AvgIpc) is 2.81. The van der Waals surface area contributed by atoms with E-state index in [1.54, 1.807) is 12.1 Å². The molecule has 0 unspecified atom stereocenters. The molecule has 21 heavy (non-hydrogen) atoms. The Morgan fingerprint density at radius 1 is 1.24 bits per heavy atom. The highest BCUT2D eigenvalue weighted by Crippen LogP contribution is 2.25. The summed E-state index contributed by atoms with van der Waals surface area (Å²) in [5.41, 5.74) is 1.80. The van der Waals surface area contributed by atoms with Gasteiger partial charge in [-0.25, -0.2) is 4.39 Å². The molecule has 0 aliphatic carbocycles. The van der Waals surface area contributed by atoms with E-state index in [9.17, 15) is 4.39 Å². The van der Waals surface area contributed by atoms with E-state index < -0.39 is 0 Å². The van der Waals surface area contributed by atoms with E-state index >= 15 is 0 Å². The number of hydrogen-bond donors (Lipinski definition) is 1. The third-order valence-electron chi connectivity index (χ3n) is 4.34. The van der Waals surface area contributed by atoms with Crippen LogP contribution in [0, 0.1) is 12.7 Å².